The van der Waals surface area contributed by atoms with Gasteiger partial charge in [0.15, 0.2) is 0 Å². The van der Waals surface area contributed by atoms with Crippen molar-refractivity contribution in [3.63, 3.8) is 0 Å². The van der Waals surface area contributed by atoms with Crippen LogP contribution in [0.1, 0.15) is 61.6 Å². The molecule has 154 valence electrons. The molecule has 3 rings (SSSR count). The smallest absolute Gasteiger partial charge is 0.123 e. The fourth-order valence-electron chi connectivity index (χ4n) is 4.37. The Morgan fingerprint density at radius 2 is 1.72 bits per heavy atom. The predicted molar refractivity (Wildman–Crippen MR) is 123 cm³/mol. The second-order valence-corrected chi connectivity index (χ2v) is 11.9. The Hall–Kier alpha value is -1.89. The molecule has 3 heteroatoms. The van der Waals surface area contributed by atoms with Crippen LogP contribution in [-0.4, -0.2) is 20.0 Å². The average Bonchev–Trinajstić information content (AvgIpc) is 2.75. The summed E-state index contributed by atoms with van der Waals surface area (Å²) in [6.45, 7) is 2.29. The summed E-state index contributed by atoms with van der Waals surface area (Å²) in [5, 5.41) is 10.2. The molecule has 1 heterocycles. The van der Waals surface area contributed by atoms with E-state index in [-0.39, 0.29) is 5.82 Å². The summed E-state index contributed by atoms with van der Waals surface area (Å²) in [4.78, 5) is 0. The molecular weight excluding hydrogens is 375 g/mol. The first-order chi connectivity index (χ1) is 14.1. The van der Waals surface area contributed by atoms with E-state index < -0.39 is 14.9 Å². The normalized spacial score (nSPS) is 20.0. The fourth-order valence-corrected chi connectivity index (χ4v) is 7.85. The lowest BCUT2D eigenvalue weighted by Crippen LogP contribution is -2.20. The van der Waals surface area contributed by atoms with Crippen molar-refractivity contribution >= 4 is 8.80 Å². The number of aliphatic hydroxyl groups is 1. The molecule has 0 radical (unpaired) electrons. The number of benzene rings is 2. The van der Waals surface area contributed by atoms with Crippen LogP contribution in [0.25, 0.3) is 0 Å². The van der Waals surface area contributed by atoms with Crippen LogP contribution in [0.15, 0.2) is 48.5 Å². The minimum absolute atomic E-state index is 0.275. The third-order valence-electron chi connectivity index (χ3n) is 6.17. The molecule has 0 bridgehead atoms. The quantitative estimate of drug-likeness (QED) is 0.335. The maximum Gasteiger partial charge on any atom is 0.123 e. The molecule has 0 spiro atoms. The molecule has 29 heavy (non-hydrogen) atoms. The summed E-state index contributed by atoms with van der Waals surface area (Å²) in [5.74, 6) is 6.22. The molecule has 2 aromatic carbocycles. The van der Waals surface area contributed by atoms with Gasteiger partial charge in [-0.05, 0) is 54.2 Å². The Kier molecular flexibility index (Phi) is 8.52. The van der Waals surface area contributed by atoms with Gasteiger partial charge in [0.05, 0.1) is 0 Å². The third kappa shape index (κ3) is 7.14. The largest absolute Gasteiger partial charge is 0.380 e. The van der Waals surface area contributed by atoms with Crippen LogP contribution in [0.3, 0.4) is 0 Å². The Bertz CT molecular complexity index is 795. The molecule has 1 unspecified atom stereocenters. The Morgan fingerprint density at radius 3 is 2.38 bits per heavy atom. The van der Waals surface area contributed by atoms with Crippen molar-refractivity contribution in [3.8, 4) is 11.8 Å². The van der Waals surface area contributed by atoms with E-state index in [2.05, 4.69) is 43.0 Å². The molecule has 0 aliphatic carbocycles. The maximum atomic E-state index is 12.9. The highest BCUT2D eigenvalue weighted by atomic mass is 28.3. The molecule has 1 nitrogen and oxygen atoms in total. The van der Waals surface area contributed by atoms with Crippen LogP contribution in [-0.2, 0) is 6.42 Å². The number of rotatable bonds is 7. The molecule has 1 saturated heterocycles. The summed E-state index contributed by atoms with van der Waals surface area (Å²) >= 11 is 0. The highest BCUT2D eigenvalue weighted by molar-refractivity contribution is 6.59. The predicted octanol–water partition coefficient (Wildman–Crippen LogP) is 6.08. The van der Waals surface area contributed by atoms with Crippen LogP contribution < -0.4 is 0 Å². The van der Waals surface area contributed by atoms with Crippen LogP contribution in [0, 0.1) is 17.7 Å². The van der Waals surface area contributed by atoms with Gasteiger partial charge in [-0.2, -0.15) is 0 Å². The van der Waals surface area contributed by atoms with Gasteiger partial charge in [-0.1, -0.05) is 80.4 Å². The van der Waals surface area contributed by atoms with Gasteiger partial charge in [0, 0.05) is 20.8 Å². The minimum atomic E-state index is -0.713. The van der Waals surface area contributed by atoms with Gasteiger partial charge >= 0.3 is 0 Å². The molecule has 2 aromatic rings. The van der Waals surface area contributed by atoms with E-state index in [4.69, 9.17) is 0 Å². The standard InChI is InChI=1S/C26H33FOSi/c1-2-3-4-17-29-18-15-24(16-19-29)23-10-5-22(6-11-23)20-26(28)14-9-21-7-12-25(27)13-8-21/h5-8,10-13,24,26,28-29H,2-4,15-20H2,1H3. The van der Waals surface area contributed by atoms with Crippen LogP contribution >= 0.6 is 0 Å². The van der Waals surface area contributed by atoms with Crippen molar-refractivity contribution < 1.29 is 9.50 Å². The van der Waals surface area contributed by atoms with Crippen molar-refractivity contribution in [2.45, 2.75) is 75.6 Å². The molecule has 0 aromatic heterocycles. The molecule has 0 saturated carbocycles. The van der Waals surface area contributed by atoms with E-state index >= 15 is 0 Å². The van der Waals surface area contributed by atoms with E-state index in [0.717, 1.165) is 17.0 Å². The summed E-state index contributed by atoms with van der Waals surface area (Å²) in [6, 6.07) is 19.4. The third-order valence-corrected chi connectivity index (χ3v) is 9.69. The van der Waals surface area contributed by atoms with Crippen LogP contribution in [0.4, 0.5) is 4.39 Å². The first-order valence-electron chi connectivity index (χ1n) is 11.2. The average molecular weight is 409 g/mol. The molecular formula is C26H33FOSi. The number of unbranched alkanes of at least 4 members (excludes halogenated alkanes) is 2. The van der Waals surface area contributed by atoms with Gasteiger partial charge < -0.3 is 5.11 Å². The maximum absolute atomic E-state index is 12.9. The zero-order valence-electron chi connectivity index (χ0n) is 17.5. The molecule has 1 aliphatic heterocycles. The molecule has 1 atom stereocenters. The van der Waals surface area contributed by atoms with Crippen LogP contribution in [0.5, 0.6) is 0 Å². The number of aliphatic hydroxyl groups excluding tert-OH is 1. The van der Waals surface area contributed by atoms with Crippen molar-refractivity contribution in [2.75, 3.05) is 0 Å². The molecule has 1 N–H and O–H groups in total. The van der Waals surface area contributed by atoms with E-state index in [1.54, 1.807) is 18.2 Å². The van der Waals surface area contributed by atoms with Crippen molar-refractivity contribution in [3.05, 3.63) is 71.0 Å². The molecule has 1 fully saturated rings. The van der Waals surface area contributed by atoms with E-state index in [9.17, 15) is 9.50 Å². The number of halogens is 1. The second-order valence-electron chi connectivity index (χ2n) is 8.45. The van der Waals surface area contributed by atoms with Gasteiger partial charge in [0.2, 0.25) is 0 Å². The summed E-state index contributed by atoms with van der Waals surface area (Å²) in [6.07, 6.45) is 6.75. The topological polar surface area (TPSA) is 20.2 Å². The summed E-state index contributed by atoms with van der Waals surface area (Å²) in [7, 11) is -0.455. The van der Waals surface area contributed by atoms with Crippen molar-refractivity contribution in [2.24, 2.45) is 0 Å². The van der Waals surface area contributed by atoms with Crippen molar-refractivity contribution in [1.82, 2.24) is 0 Å². The lowest BCUT2D eigenvalue weighted by atomic mass is 9.92. The Balaban J connectivity index is 1.47. The molecule has 1 aliphatic rings. The highest BCUT2D eigenvalue weighted by Crippen LogP contribution is 2.35. The minimum Gasteiger partial charge on any atom is -0.380 e. The summed E-state index contributed by atoms with van der Waals surface area (Å²) in [5.41, 5.74) is 3.29. The zero-order valence-corrected chi connectivity index (χ0v) is 18.7. The van der Waals surface area contributed by atoms with Crippen LogP contribution in [0.2, 0.25) is 18.1 Å². The number of hydrogen-bond donors (Lipinski definition) is 1. The first kappa shape index (κ1) is 21.8. The van der Waals surface area contributed by atoms with Gasteiger partial charge in [-0.3, -0.25) is 0 Å². The SMILES string of the molecule is CCCCC[SiH]1CCC(c2ccc(CC(O)C#Cc3ccc(F)cc3)cc2)CC1. The lowest BCUT2D eigenvalue weighted by molar-refractivity contribution is 0.233. The zero-order chi connectivity index (χ0) is 20.5. The van der Waals surface area contributed by atoms with Crippen molar-refractivity contribution in [1.29, 1.82) is 0 Å². The van der Waals surface area contributed by atoms with Gasteiger partial charge in [0.1, 0.15) is 11.9 Å². The van der Waals surface area contributed by atoms with Gasteiger partial charge in [-0.15, -0.1) is 0 Å². The Labute approximate surface area is 177 Å². The van der Waals surface area contributed by atoms with Gasteiger partial charge in [0.25, 0.3) is 0 Å². The van der Waals surface area contributed by atoms with Gasteiger partial charge in [-0.25, -0.2) is 4.39 Å². The summed E-state index contributed by atoms with van der Waals surface area (Å²) < 4.78 is 12.9. The fraction of sp³-hybridized carbons (Fsp3) is 0.462. The Morgan fingerprint density at radius 1 is 1.03 bits per heavy atom. The first-order valence-corrected chi connectivity index (χ1v) is 13.6. The van der Waals surface area contributed by atoms with E-state index in [1.165, 1.54) is 61.9 Å². The monoisotopic (exact) mass is 408 g/mol. The van der Waals surface area contributed by atoms with E-state index in [0.29, 0.717) is 6.42 Å². The lowest BCUT2D eigenvalue weighted by Gasteiger charge is -2.28. The van der Waals surface area contributed by atoms with E-state index in [1.807, 2.05) is 0 Å². The highest BCUT2D eigenvalue weighted by Gasteiger charge is 2.22. The second kappa shape index (κ2) is 11.3. The number of hydrogen-bond acceptors (Lipinski definition) is 1. The molecule has 0 amide bonds.